The Morgan fingerprint density at radius 1 is 1.08 bits per heavy atom. The van der Waals surface area contributed by atoms with Gasteiger partial charge in [-0.15, -0.1) is 0 Å². The number of fused-ring (bicyclic) bond motifs is 1. The number of benzene rings is 2. The molecule has 0 saturated carbocycles. The first-order valence-electron chi connectivity index (χ1n) is 8.75. The predicted octanol–water partition coefficient (Wildman–Crippen LogP) is 4.23. The number of aromatic nitrogens is 1. The molecule has 4 nitrogen and oxygen atoms in total. The molecule has 0 bridgehead atoms. The summed E-state index contributed by atoms with van der Waals surface area (Å²) in [5, 5.41) is 1.89. The normalized spacial score (nSPS) is 15.2. The van der Waals surface area contributed by atoms with Crippen molar-refractivity contribution in [2.75, 3.05) is 18.0 Å². The van der Waals surface area contributed by atoms with Crippen LogP contribution in [0.1, 0.15) is 23.3 Å². The average molecular weight is 350 g/mol. The van der Waals surface area contributed by atoms with Gasteiger partial charge in [0.15, 0.2) is 6.29 Å². The molecule has 0 aliphatic carbocycles. The van der Waals surface area contributed by atoms with Crippen molar-refractivity contribution >= 4 is 22.9 Å². The van der Waals surface area contributed by atoms with Crippen molar-refractivity contribution in [3.05, 3.63) is 66.1 Å². The lowest BCUT2D eigenvalue weighted by molar-refractivity contribution is 0.112. The Morgan fingerprint density at radius 2 is 1.81 bits per heavy atom. The molecule has 26 heavy (non-hydrogen) atoms. The molecule has 0 amide bonds. The highest BCUT2D eigenvalue weighted by molar-refractivity contribution is 5.97. The Hall–Kier alpha value is -2.95. The van der Waals surface area contributed by atoms with Crippen molar-refractivity contribution in [3.63, 3.8) is 0 Å². The van der Waals surface area contributed by atoms with Gasteiger partial charge in [-0.3, -0.25) is 4.79 Å². The smallest absolute Gasteiger partial charge is 0.169 e. The molecule has 2 aromatic carbocycles. The topological polar surface area (TPSA) is 42.4 Å². The molecule has 0 N–H and O–H groups in total. The highest BCUT2D eigenvalue weighted by atomic mass is 19.1. The van der Waals surface area contributed by atoms with E-state index in [9.17, 15) is 9.18 Å². The molecule has 1 fully saturated rings. The van der Waals surface area contributed by atoms with Crippen LogP contribution in [-0.4, -0.2) is 30.5 Å². The summed E-state index contributed by atoms with van der Waals surface area (Å²) < 4.78 is 18.9. The maximum atomic E-state index is 13.0. The van der Waals surface area contributed by atoms with Gasteiger partial charge in [-0.05, 0) is 35.7 Å². The Bertz CT molecular complexity index is 919. The van der Waals surface area contributed by atoms with Crippen LogP contribution in [0, 0.1) is 5.82 Å². The molecule has 1 aliphatic heterocycles. The van der Waals surface area contributed by atoms with Crippen LogP contribution in [0.15, 0.2) is 54.6 Å². The van der Waals surface area contributed by atoms with E-state index in [-0.39, 0.29) is 11.9 Å². The quantitative estimate of drug-likeness (QED) is 0.660. The highest BCUT2D eigenvalue weighted by Crippen LogP contribution is 2.26. The summed E-state index contributed by atoms with van der Waals surface area (Å²) >= 11 is 0. The molecule has 0 atom stereocenters. The minimum absolute atomic E-state index is 0.0997. The number of rotatable bonds is 4. The second kappa shape index (κ2) is 7.12. The highest BCUT2D eigenvalue weighted by Gasteiger charge is 2.22. The first-order chi connectivity index (χ1) is 12.7. The SMILES string of the molecule is O=Cc1nc(N2CCC(Oc3ccc(F)cc3)CC2)cc2ccccc12. The third-order valence-electron chi connectivity index (χ3n) is 4.75. The number of piperidine rings is 1. The number of ether oxygens (including phenoxy) is 1. The maximum Gasteiger partial charge on any atom is 0.169 e. The van der Waals surface area contributed by atoms with Gasteiger partial charge in [0.1, 0.15) is 29.2 Å². The minimum Gasteiger partial charge on any atom is -0.490 e. The number of hydrogen-bond donors (Lipinski definition) is 0. The average Bonchev–Trinajstić information content (AvgIpc) is 2.69. The van der Waals surface area contributed by atoms with E-state index < -0.39 is 0 Å². The standard InChI is InChI=1S/C21H19FN2O2/c22-16-5-7-17(8-6-16)26-18-9-11-24(12-10-18)21-13-15-3-1-2-4-19(15)20(14-25)23-21/h1-8,13-14,18H,9-12H2. The molecular formula is C21H19FN2O2. The number of carbonyl (C=O) groups is 1. The second-order valence-corrected chi connectivity index (χ2v) is 6.46. The largest absolute Gasteiger partial charge is 0.490 e. The van der Waals surface area contributed by atoms with Gasteiger partial charge in [-0.25, -0.2) is 9.37 Å². The molecule has 0 unspecified atom stereocenters. The molecular weight excluding hydrogens is 331 g/mol. The van der Waals surface area contributed by atoms with Gasteiger partial charge in [0, 0.05) is 31.3 Å². The molecule has 2 heterocycles. The van der Waals surface area contributed by atoms with Crippen molar-refractivity contribution < 1.29 is 13.9 Å². The summed E-state index contributed by atoms with van der Waals surface area (Å²) in [6.45, 7) is 1.60. The molecule has 1 saturated heterocycles. The van der Waals surface area contributed by atoms with E-state index in [1.54, 1.807) is 12.1 Å². The molecule has 4 rings (SSSR count). The Morgan fingerprint density at radius 3 is 2.54 bits per heavy atom. The fourth-order valence-corrected chi connectivity index (χ4v) is 3.37. The van der Waals surface area contributed by atoms with E-state index in [1.807, 2.05) is 30.3 Å². The maximum absolute atomic E-state index is 13.0. The van der Waals surface area contributed by atoms with Crippen molar-refractivity contribution in [2.24, 2.45) is 0 Å². The van der Waals surface area contributed by atoms with E-state index in [4.69, 9.17) is 4.74 Å². The third-order valence-corrected chi connectivity index (χ3v) is 4.75. The van der Waals surface area contributed by atoms with Crippen molar-refractivity contribution in [3.8, 4) is 5.75 Å². The summed E-state index contributed by atoms with van der Waals surface area (Å²) in [6.07, 6.45) is 2.61. The van der Waals surface area contributed by atoms with Crippen LogP contribution in [0.25, 0.3) is 10.8 Å². The van der Waals surface area contributed by atoms with Crippen LogP contribution in [-0.2, 0) is 0 Å². The van der Waals surface area contributed by atoms with Crippen molar-refractivity contribution in [1.82, 2.24) is 4.98 Å². The molecule has 0 radical (unpaired) electrons. The van der Waals surface area contributed by atoms with Gasteiger partial charge in [-0.1, -0.05) is 24.3 Å². The van der Waals surface area contributed by atoms with E-state index in [0.29, 0.717) is 11.4 Å². The van der Waals surface area contributed by atoms with Crippen LogP contribution in [0.4, 0.5) is 10.2 Å². The number of pyridine rings is 1. The van der Waals surface area contributed by atoms with Crippen LogP contribution in [0.5, 0.6) is 5.75 Å². The van der Waals surface area contributed by atoms with Gasteiger partial charge < -0.3 is 9.64 Å². The van der Waals surface area contributed by atoms with Gasteiger partial charge in [-0.2, -0.15) is 0 Å². The first kappa shape index (κ1) is 16.5. The zero-order chi connectivity index (χ0) is 17.9. The van der Waals surface area contributed by atoms with Crippen LogP contribution in [0.3, 0.4) is 0 Å². The Labute approximate surface area is 151 Å². The van der Waals surface area contributed by atoms with Gasteiger partial charge >= 0.3 is 0 Å². The molecule has 3 aromatic rings. The molecule has 132 valence electrons. The summed E-state index contributed by atoms with van der Waals surface area (Å²) in [5.41, 5.74) is 0.475. The number of aldehydes is 1. The third kappa shape index (κ3) is 3.38. The van der Waals surface area contributed by atoms with E-state index in [1.165, 1.54) is 12.1 Å². The predicted molar refractivity (Wildman–Crippen MR) is 99.4 cm³/mol. The summed E-state index contributed by atoms with van der Waals surface area (Å²) in [5.74, 6) is 1.25. The van der Waals surface area contributed by atoms with E-state index in [2.05, 4.69) is 9.88 Å². The molecule has 1 aromatic heterocycles. The minimum atomic E-state index is -0.263. The fourth-order valence-electron chi connectivity index (χ4n) is 3.37. The lowest BCUT2D eigenvalue weighted by Gasteiger charge is -2.33. The summed E-state index contributed by atoms with van der Waals surface area (Å²) in [4.78, 5) is 18.1. The van der Waals surface area contributed by atoms with Gasteiger partial charge in [0.2, 0.25) is 0 Å². The monoisotopic (exact) mass is 350 g/mol. The fraction of sp³-hybridized carbons (Fsp3) is 0.238. The number of nitrogens with zero attached hydrogens (tertiary/aromatic N) is 2. The van der Waals surface area contributed by atoms with Crippen LogP contribution < -0.4 is 9.64 Å². The lowest BCUT2D eigenvalue weighted by Crippen LogP contribution is -2.38. The zero-order valence-corrected chi connectivity index (χ0v) is 14.3. The first-order valence-corrected chi connectivity index (χ1v) is 8.75. The number of carbonyl (C=O) groups excluding carboxylic acids is 1. The zero-order valence-electron chi connectivity index (χ0n) is 14.3. The Kier molecular flexibility index (Phi) is 4.52. The van der Waals surface area contributed by atoms with Gasteiger partial charge in [0.25, 0.3) is 0 Å². The lowest BCUT2D eigenvalue weighted by atomic mass is 10.1. The van der Waals surface area contributed by atoms with Crippen molar-refractivity contribution in [1.29, 1.82) is 0 Å². The molecule has 5 heteroatoms. The summed E-state index contributed by atoms with van der Waals surface area (Å²) in [6, 6.07) is 15.9. The van der Waals surface area contributed by atoms with E-state index in [0.717, 1.165) is 48.8 Å². The van der Waals surface area contributed by atoms with Crippen LogP contribution in [0.2, 0.25) is 0 Å². The summed E-state index contributed by atoms with van der Waals surface area (Å²) in [7, 11) is 0. The number of hydrogen-bond acceptors (Lipinski definition) is 4. The Balaban J connectivity index is 1.47. The molecule has 1 aliphatic rings. The van der Waals surface area contributed by atoms with Crippen LogP contribution >= 0.6 is 0 Å². The van der Waals surface area contributed by atoms with Crippen molar-refractivity contribution in [2.45, 2.75) is 18.9 Å². The van der Waals surface area contributed by atoms with E-state index >= 15 is 0 Å². The number of halogens is 1. The molecule has 0 spiro atoms. The number of anilines is 1. The van der Waals surface area contributed by atoms with Gasteiger partial charge in [0.05, 0.1) is 0 Å². The second-order valence-electron chi connectivity index (χ2n) is 6.46.